The first-order chi connectivity index (χ1) is 18.8. The van der Waals surface area contributed by atoms with E-state index in [2.05, 4.69) is 39.4 Å². The quantitative estimate of drug-likeness (QED) is 0.289. The van der Waals surface area contributed by atoms with Gasteiger partial charge in [-0.15, -0.1) is 0 Å². The monoisotopic (exact) mass is 537 g/mol. The molecule has 1 fully saturated rings. The molecule has 0 aliphatic carbocycles. The van der Waals surface area contributed by atoms with Crippen LogP contribution >= 0.6 is 0 Å². The van der Waals surface area contributed by atoms with Crippen LogP contribution in [-0.2, 0) is 6.54 Å². The number of oxazole rings is 1. The molecule has 4 aromatic rings. The van der Waals surface area contributed by atoms with E-state index in [9.17, 15) is 13.2 Å². The number of rotatable bonds is 7. The van der Waals surface area contributed by atoms with Crippen LogP contribution in [0.25, 0.3) is 22.4 Å². The van der Waals surface area contributed by atoms with Gasteiger partial charge in [-0.1, -0.05) is 12.0 Å². The van der Waals surface area contributed by atoms with Crippen molar-refractivity contribution in [3.63, 3.8) is 0 Å². The van der Waals surface area contributed by atoms with Crippen molar-refractivity contribution in [2.24, 2.45) is 0 Å². The molecule has 1 aliphatic heterocycles. The summed E-state index contributed by atoms with van der Waals surface area (Å²) in [6, 6.07) is 12.9. The number of halogens is 3. The number of hydrogen-bond donors (Lipinski definition) is 2. The van der Waals surface area contributed by atoms with Crippen LogP contribution in [0.1, 0.15) is 18.5 Å². The number of likely N-dealkylation sites (tertiary alicyclic amines) is 1. The molecule has 0 radical (unpaired) electrons. The van der Waals surface area contributed by atoms with E-state index in [4.69, 9.17) is 9.15 Å². The van der Waals surface area contributed by atoms with Crippen molar-refractivity contribution in [2.45, 2.75) is 31.6 Å². The Morgan fingerprint density at radius 2 is 1.95 bits per heavy atom. The number of nitrogens with one attached hydrogen (secondary N) is 2. The fourth-order valence-corrected chi connectivity index (χ4v) is 4.85. The molecule has 0 bridgehead atoms. The van der Waals surface area contributed by atoms with Gasteiger partial charge in [-0.25, -0.2) is 4.98 Å². The minimum absolute atomic E-state index is 0.211. The lowest BCUT2D eigenvalue weighted by Crippen LogP contribution is -2.36. The largest absolute Gasteiger partial charge is 0.495 e. The highest BCUT2D eigenvalue weighted by Crippen LogP contribution is 2.32. The molecule has 2 aromatic carbocycles. The molecule has 2 aromatic heterocycles. The standard InChI is InChI=1S/C29H30F3N5O2/c1-36-14-10-21(11-15-36)35-24-6-3-7-26-23(24)18-22(37(26)19-29(30,31)32)5-4-12-33-25-9-8-20(17-27(25)38-2)28-34-13-16-39-28/h3,6-9,13,16-18,21,33,35H,10-12,14-15,19H2,1-2H3. The van der Waals surface area contributed by atoms with Gasteiger partial charge in [-0.3, -0.25) is 0 Å². The molecule has 10 heteroatoms. The van der Waals surface area contributed by atoms with E-state index in [1.54, 1.807) is 37.6 Å². The van der Waals surface area contributed by atoms with Gasteiger partial charge < -0.3 is 29.3 Å². The Labute approximate surface area is 225 Å². The molecule has 2 N–H and O–H groups in total. The fourth-order valence-electron chi connectivity index (χ4n) is 4.85. The Morgan fingerprint density at radius 3 is 2.67 bits per heavy atom. The molecule has 5 rings (SSSR count). The van der Waals surface area contributed by atoms with Crippen molar-refractivity contribution in [3.8, 4) is 29.0 Å². The van der Waals surface area contributed by atoms with Crippen molar-refractivity contribution in [2.75, 3.05) is 44.4 Å². The average molecular weight is 538 g/mol. The van der Waals surface area contributed by atoms with Crippen LogP contribution in [0.15, 0.2) is 59.3 Å². The lowest BCUT2D eigenvalue weighted by molar-refractivity contribution is -0.140. The summed E-state index contributed by atoms with van der Waals surface area (Å²) in [4.78, 5) is 6.42. The molecule has 204 valence electrons. The molecule has 0 saturated carbocycles. The summed E-state index contributed by atoms with van der Waals surface area (Å²) in [6.45, 7) is 1.07. The van der Waals surface area contributed by atoms with Gasteiger partial charge in [-0.05, 0) is 75.3 Å². The van der Waals surface area contributed by atoms with Crippen LogP contribution in [0.5, 0.6) is 5.75 Å². The number of nitrogens with zero attached hydrogens (tertiary/aromatic N) is 3. The van der Waals surface area contributed by atoms with E-state index in [-0.39, 0.29) is 12.6 Å². The van der Waals surface area contributed by atoms with Crippen LogP contribution in [0.3, 0.4) is 0 Å². The summed E-state index contributed by atoms with van der Waals surface area (Å²) in [5, 5.41) is 7.47. The summed E-state index contributed by atoms with van der Waals surface area (Å²) < 4.78 is 52.7. The number of fused-ring (bicyclic) bond motifs is 1. The van der Waals surface area contributed by atoms with Gasteiger partial charge >= 0.3 is 6.18 Å². The van der Waals surface area contributed by atoms with Gasteiger partial charge in [0.25, 0.3) is 0 Å². The topological polar surface area (TPSA) is 67.5 Å². The molecule has 3 heterocycles. The second-order valence-corrected chi connectivity index (χ2v) is 9.60. The highest BCUT2D eigenvalue weighted by Gasteiger charge is 2.30. The third kappa shape index (κ3) is 6.32. The maximum Gasteiger partial charge on any atom is 0.406 e. The lowest BCUT2D eigenvalue weighted by Gasteiger charge is -2.30. The number of hydrogen-bond acceptors (Lipinski definition) is 6. The maximum absolute atomic E-state index is 13.5. The van der Waals surface area contributed by atoms with Crippen molar-refractivity contribution in [3.05, 3.63) is 60.6 Å². The number of methoxy groups -OCH3 is 1. The first-order valence-electron chi connectivity index (χ1n) is 12.8. The van der Waals surface area contributed by atoms with Gasteiger partial charge in [-0.2, -0.15) is 13.2 Å². The van der Waals surface area contributed by atoms with E-state index in [1.807, 2.05) is 18.2 Å². The zero-order valence-electron chi connectivity index (χ0n) is 21.8. The molecule has 0 amide bonds. The Kier molecular flexibility index (Phi) is 7.70. The predicted molar refractivity (Wildman–Crippen MR) is 146 cm³/mol. The minimum Gasteiger partial charge on any atom is -0.495 e. The molecule has 39 heavy (non-hydrogen) atoms. The van der Waals surface area contributed by atoms with Crippen molar-refractivity contribution in [1.82, 2.24) is 14.5 Å². The van der Waals surface area contributed by atoms with E-state index >= 15 is 0 Å². The van der Waals surface area contributed by atoms with Gasteiger partial charge in [0.05, 0.1) is 36.7 Å². The van der Waals surface area contributed by atoms with Crippen molar-refractivity contribution < 1.29 is 22.3 Å². The Bertz CT molecular complexity index is 1480. The van der Waals surface area contributed by atoms with E-state index < -0.39 is 12.7 Å². The summed E-state index contributed by atoms with van der Waals surface area (Å²) in [5.41, 5.74) is 3.11. The predicted octanol–water partition coefficient (Wildman–Crippen LogP) is 5.84. The highest BCUT2D eigenvalue weighted by molar-refractivity contribution is 5.94. The molecule has 0 spiro atoms. The molecular weight excluding hydrogens is 507 g/mol. The first-order valence-corrected chi connectivity index (χ1v) is 12.8. The average Bonchev–Trinajstić information content (AvgIpc) is 3.57. The Morgan fingerprint density at radius 1 is 1.13 bits per heavy atom. The van der Waals surface area contributed by atoms with Crippen molar-refractivity contribution >= 4 is 22.3 Å². The van der Waals surface area contributed by atoms with Crippen LogP contribution < -0.4 is 15.4 Å². The van der Waals surface area contributed by atoms with Gasteiger partial charge in [0.15, 0.2) is 0 Å². The summed E-state index contributed by atoms with van der Waals surface area (Å²) in [7, 11) is 3.65. The fraction of sp³-hybridized carbons (Fsp3) is 0.345. The smallest absolute Gasteiger partial charge is 0.406 e. The maximum atomic E-state index is 13.5. The van der Waals surface area contributed by atoms with Crippen LogP contribution in [-0.4, -0.2) is 60.5 Å². The Balaban J connectivity index is 1.37. The minimum atomic E-state index is -4.38. The zero-order valence-corrected chi connectivity index (χ0v) is 21.8. The third-order valence-corrected chi connectivity index (χ3v) is 6.83. The van der Waals surface area contributed by atoms with Crippen LogP contribution in [0.2, 0.25) is 0 Å². The molecule has 0 unspecified atom stereocenters. The molecular formula is C29H30F3N5O2. The molecule has 1 aliphatic rings. The number of ether oxygens (including phenoxy) is 1. The number of piperidine rings is 1. The highest BCUT2D eigenvalue weighted by atomic mass is 19.4. The van der Waals surface area contributed by atoms with E-state index in [0.717, 1.165) is 42.6 Å². The SMILES string of the molecule is COc1cc(-c2ncco2)ccc1NCC#Cc1cc2c(NC3CCN(C)CC3)cccc2n1CC(F)(F)F. The summed E-state index contributed by atoms with van der Waals surface area (Å²) in [6.07, 6.45) is 0.647. The van der Waals surface area contributed by atoms with Crippen LogP contribution in [0, 0.1) is 11.8 Å². The first kappa shape index (κ1) is 26.5. The molecule has 7 nitrogen and oxygen atoms in total. The van der Waals surface area contributed by atoms with Crippen LogP contribution in [0.4, 0.5) is 24.5 Å². The zero-order chi connectivity index (χ0) is 27.4. The number of aromatic nitrogens is 2. The van der Waals surface area contributed by atoms with Crippen molar-refractivity contribution in [1.29, 1.82) is 0 Å². The van der Waals surface area contributed by atoms with E-state index in [0.29, 0.717) is 28.5 Å². The van der Waals surface area contributed by atoms with E-state index in [1.165, 1.54) is 10.8 Å². The number of anilines is 2. The lowest BCUT2D eigenvalue weighted by atomic mass is 10.0. The number of alkyl halides is 3. The Hall–Kier alpha value is -4.10. The normalized spacial score (nSPS) is 14.7. The second-order valence-electron chi connectivity index (χ2n) is 9.60. The number of benzene rings is 2. The molecule has 0 atom stereocenters. The second kappa shape index (κ2) is 11.3. The van der Waals surface area contributed by atoms with Gasteiger partial charge in [0.1, 0.15) is 18.6 Å². The van der Waals surface area contributed by atoms with Gasteiger partial charge in [0, 0.05) is 22.7 Å². The molecule has 1 saturated heterocycles. The third-order valence-electron chi connectivity index (χ3n) is 6.83. The summed E-state index contributed by atoms with van der Waals surface area (Å²) >= 11 is 0. The van der Waals surface area contributed by atoms with Gasteiger partial charge in [0.2, 0.25) is 5.89 Å². The summed E-state index contributed by atoms with van der Waals surface area (Å²) in [5.74, 6) is 6.97.